The van der Waals surface area contributed by atoms with E-state index in [0.29, 0.717) is 0 Å². The van der Waals surface area contributed by atoms with Crippen LogP contribution in [0.25, 0.3) is 0 Å². The Morgan fingerprint density at radius 1 is 1.63 bits per heavy atom. The van der Waals surface area contributed by atoms with Crippen molar-refractivity contribution < 1.29 is 19.2 Å². The minimum Gasteiger partial charge on any atom is -0.467 e. The molecule has 9 nitrogen and oxygen atoms in total. The van der Waals surface area contributed by atoms with Crippen LogP contribution in [0.2, 0.25) is 0 Å². The van der Waals surface area contributed by atoms with Gasteiger partial charge >= 0.3 is 11.8 Å². The fraction of sp³-hybridized carbons (Fsp3) is 0.500. The van der Waals surface area contributed by atoms with Gasteiger partial charge in [-0.15, -0.1) is 0 Å². The molecular formula is C10H14N4O5. The number of ether oxygens (including phenoxy) is 1. The zero-order valence-corrected chi connectivity index (χ0v) is 10.7. The minimum atomic E-state index is -1.00. The van der Waals surface area contributed by atoms with Gasteiger partial charge < -0.3 is 20.2 Å². The number of amides is 1. The van der Waals surface area contributed by atoms with Crippen molar-refractivity contribution in [3.05, 3.63) is 22.1 Å². The van der Waals surface area contributed by atoms with E-state index in [2.05, 4.69) is 15.0 Å². The van der Waals surface area contributed by atoms with Crippen molar-refractivity contribution in [3.8, 4) is 0 Å². The van der Waals surface area contributed by atoms with Gasteiger partial charge in [-0.05, 0) is 4.92 Å². The molecule has 0 spiro atoms. The second-order valence-electron chi connectivity index (χ2n) is 3.86. The number of methoxy groups -OCH3 is 1. The number of aromatic nitrogens is 2. The van der Waals surface area contributed by atoms with Crippen molar-refractivity contribution in [2.75, 3.05) is 7.11 Å². The number of esters is 1. The van der Waals surface area contributed by atoms with E-state index in [-0.39, 0.29) is 17.9 Å². The first-order valence-corrected chi connectivity index (χ1v) is 5.36. The predicted molar refractivity (Wildman–Crippen MR) is 63.2 cm³/mol. The average molecular weight is 270 g/mol. The Bertz CT molecular complexity index is 510. The summed E-state index contributed by atoms with van der Waals surface area (Å²) in [6.45, 7) is 1.24. The van der Waals surface area contributed by atoms with Gasteiger partial charge in [-0.3, -0.25) is 4.79 Å². The molecule has 1 rings (SSSR count). The maximum atomic E-state index is 11.5. The minimum absolute atomic E-state index is 0.108. The molecule has 0 radical (unpaired) electrons. The Balaban J connectivity index is 2.99. The summed E-state index contributed by atoms with van der Waals surface area (Å²) in [5.74, 6) is -1.34. The first-order valence-electron chi connectivity index (χ1n) is 5.36. The Morgan fingerprint density at radius 2 is 2.26 bits per heavy atom. The van der Waals surface area contributed by atoms with E-state index >= 15 is 0 Å². The summed E-state index contributed by atoms with van der Waals surface area (Å²) in [7, 11) is 2.64. The van der Waals surface area contributed by atoms with Gasteiger partial charge in [0, 0.05) is 13.3 Å². The lowest BCUT2D eigenvalue weighted by Gasteiger charge is -2.13. The Labute approximate surface area is 108 Å². The molecule has 1 aromatic rings. The van der Waals surface area contributed by atoms with Gasteiger partial charge in [0.2, 0.25) is 5.91 Å². The molecule has 0 aliphatic heterocycles. The third-order valence-corrected chi connectivity index (χ3v) is 2.41. The quantitative estimate of drug-likeness (QED) is 0.440. The number of carbonyl (C=O) groups excluding carboxylic acids is 2. The van der Waals surface area contributed by atoms with Crippen molar-refractivity contribution in [3.63, 3.8) is 0 Å². The predicted octanol–water partition coefficient (Wildman–Crippen LogP) is -0.452. The van der Waals surface area contributed by atoms with E-state index in [9.17, 15) is 19.7 Å². The highest BCUT2D eigenvalue weighted by Gasteiger charge is 2.27. The SMILES string of the molecule is COC(=O)[C@H](Cc1ncn(C)c1[N+](=O)[O-])NC(C)=O. The smallest absolute Gasteiger partial charge is 0.345 e. The summed E-state index contributed by atoms with van der Waals surface area (Å²) in [6, 6.07) is -1.00. The maximum absolute atomic E-state index is 11.5. The second-order valence-corrected chi connectivity index (χ2v) is 3.86. The monoisotopic (exact) mass is 270 g/mol. The number of aryl methyl sites for hydroxylation is 1. The topological polar surface area (TPSA) is 116 Å². The molecule has 104 valence electrons. The van der Waals surface area contributed by atoms with Crippen LogP contribution in [-0.4, -0.2) is 39.5 Å². The van der Waals surface area contributed by atoms with E-state index in [0.717, 1.165) is 0 Å². The lowest BCUT2D eigenvalue weighted by molar-refractivity contribution is -0.392. The number of nitro groups is 1. The highest BCUT2D eigenvalue weighted by molar-refractivity contribution is 5.83. The van der Waals surface area contributed by atoms with Crippen LogP contribution in [0, 0.1) is 10.1 Å². The molecule has 0 aliphatic rings. The van der Waals surface area contributed by atoms with Crippen LogP contribution in [0.5, 0.6) is 0 Å². The fourth-order valence-corrected chi connectivity index (χ4v) is 1.62. The highest BCUT2D eigenvalue weighted by atomic mass is 16.6. The molecule has 1 atom stereocenters. The Kier molecular flexibility index (Phi) is 4.56. The highest BCUT2D eigenvalue weighted by Crippen LogP contribution is 2.17. The van der Waals surface area contributed by atoms with Crippen LogP contribution in [0.15, 0.2) is 6.33 Å². The average Bonchev–Trinajstić information content (AvgIpc) is 2.68. The molecular weight excluding hydrogens is 256 g/mol. The van der Waals surface area contributed by atoms with Crippen LogP contribution in [0.3, 0.4) is 0 Å². The lowest BCUT2D eigenvalue weighted by atomic mass is 10.1. The van der Waals surface area contributed by atoms with Gasteiger partial charge in [-0.2, -0.15) is 0 Å². The number of carbonyl (C=O) groups is 2. The van der Waals surface area contributed by atoms with Crippen molar-refractivity contribution in [1.82, 2.24) is 14.9 Å². The molecule has 0 aromatic carbocycles. The molecule has 0 unspecified atom stereocenters. The second kappa shape index (κ2) is 5.94. The van der Waals surface area contributed by atoms with Gasteiger partial charge in [0.05, 0.1) is 14.2 Å². The normalized spacial score (nSPS) is 11.7. The molecule has 0 bridgehead atoms. The van der Waals surface area contributed by atoms with E-state index in [1.54, 1.807) is 0 Å². The van der Waals surface area contributed by atoms with Crippen LogP contribution in [0.1, 0.15) is 12.6 Å². The van der Waals surface area contributed by atoms with Crippen LogP contribution in [-0.2, 0) is 27.8 Å². The molecule has 1 heterocycles. The lowest BCUT2D eigenvalue weighted by Crippen LogP contribution is -2.42. The molecule has 0 saturated heterocycles. The molecule has 19 heavy (non-hydrogen) atoms. The van der Waals surface area contributed by atoms with E-state index in [1.165, 1.54) is 32.0 Å². The van der Waals surface area contributed by atoms with Gasteiger partial charge in [-0.25, -0.2) is 14.3 Å². The zero-order valence-electron chi connectivity index (χ0n) is 10.7. The first kappa shape index (κ1) is 14.6. The van der Waals surface area contributed by atoms with E-state index in [1.807, 2.05) is 0 Å². The van der Waals surface area contributed by atoms with Crippen molar-refractivity contribution >= 4 is 17.7 Å². The molecule has 0 saturated carbocycles. The fourth-order valence-electron chi connectivity index (χ4n) is 1.62. The largest absolute Gasteiger partial charge is 0.467 e. The molecule has 0 aliphatic carbocycles. The van der Waals surface area contributed by atoms with Crippen molar-refractivity contribution in [2.24, 2.45) is 7.05 Å². The van der Waals surface area contributed by atoms with Crippen LogP contribution >= 0.6 is 0 Å². The molecule has 0 fully saturated rings. The summed E-state index contributed by atoms with van der Waals surface area (Å²) >= 11 is 0. The summed E-state index contributed by atoms with van der Waals surface area (Å²) in [4.78, 5) is 36.7. The third kappa shape index (κ3) is 3.50. The Hall–Kier alpha value is -2.45. The van der Waals surface area contributed by atoms with Crippen molar-refractivity contribution in [2.45, 2.75) is 19.4 Å². The number of hydrogen-bond donors (Lipinski definition) is 1. The molecule has 9 heteroatoms. The van der Waals surface area contributed by atoms with Crippen LogP contribution < -0.4 is 5.32 Å². The number of hydrogen-bond acceptors (Lipinski definition) is 6. The number of nitrogens with one attached hydrogen (secondary N) is 1. The first-order chi connectivity index (χ1) is 8.86. The van der Waals surface area contributed by atoms with Gasteiger partial charge in [-0.1, -0.05) is 0 Å². The van der Waals surface area contributed by atoms with Crippen molar-refractivity contribution in [1.29, 1.82) is 0 Å². The molecule has 1 N–H and O–H groups in total. The molecule has 1 aromatic heterocycles. The van der Waals surface area contributed by atoms with Gasteiger partial charge in [0.25, 0.3) is 0 Å². The standard InChI is InChI=1S/C10H14N4O5/c1-6(15)12-8(10(16)19-3)4-7-9(14(17)18)13(2)5-11-7/h5,8H,4H2,1-3H3,(H,12,15)/t8-/m0/s1. The summed E-state index contributed by atoms with van der Waals surface area (Å²) in [5, 5.41) is 13.3. The van der Waals surface area contributed by atoms with E-state index in [4.69, 9.17) is 0 Å². The van der Waals surface area contributed by atoms with Crippen LogP contribution in [0.4, 0.5) is 5.82 Å². The van der Waals surface area contributed by atoms with Gasteiger partial charge in [0.15, 0.2) is 6.33 Å². The number of rotatable bonds is 5. The molecule has 1 amide bonds. The third-order valence-electron chi connectivity index (χ3n) is 2.41. The van der Waals surface area contributed by atoms with Gasteiger partial charge in [0.1, 0.15) is 11.7 Å². The number of imidazole rings is 1. The zero-order chi connectivity index (χ0) is 14.6. The summed E-state index contributed by atoms with van der Waals surface area (Å²) < 4.78 is 5.77. The van der Waals surface area contributed by atoms with E-state index < -0.39 is 22.8 Å². The maximum Gasteiger partial charge on any atom is 0.345 e. The number of nitrogens with zero attached hydrogens (tertiary/aromatic N) is 3. The summed E-state index contributed by atoms with van der Waals surface area (Å²) in [5.41, 5.74) is 0.108. The summed E-state index contributed by atoms with van der Waals surface area (Å²) in [6.07, 6.45) is 1.17. The Morgan fingerprint density at radius 3 is 2.74 bits per heavy atom.